The van der Waals surface area contributed by atoms with Crippen molar-refractivity contribution in [2.24, 2.45) is 5.73 Å². The van der Waals surface area contributed by atoms with Crippen molar-refractivity contribution in [3.63, 3.8) is 0 Å². The highest BCUT2D eigenvalue weighted by atomic mass is 32.2. The molecule has 0 spiro atoms. The van der Waals surface area contributed by atoms with E-state index >= 15 is 0 Å². The van der Waals surface area contributed by atoms with Gasteiger partial charge in [0, 0.05) is 11.3 Å². The van der Waals surface area contributed by atoms with Crippen LogP contribution in [-0.4, -0.2) is 37.5 Å². The Kier molecular flexibility index (Phi) is 9.23. The van der Waals surface area contributed by atoms with E-state index < -0.39 is 11.9 Å². The second-order valence-electron chi connectivity index (χ2n) is 9.22. The van der Waals surface area contributed by atoms with E-state index in [4.69, 9.17) is 29.7 Å². The summed E-state index contributed by atoms with van der Waals surface area (Å²) in [5.41, 5.74) is 10.8. The monoisotopic (exact) mass is 560 g/mol. The number of nitrogens with zero attached hydrogens (tertiary/aromatic N) is 3. The number of thioether (sulfide) groups is 1. The van der Waals surface area contributed by atoms with Crippen LogP contribution in [0.15, 0.2) is 46.0 Å². The standard InChI is InChI=1S/C30H32N4O5S/c1-5-22-18-11-8-7-10-17(18)20(14-31)29(34-22)40-16-24-26(30(35)38-6-2)25(21(15-32)28(33)39-24)19-12-9-13-23(36-3)27(19)37-4/h9,12-13,25H,5-8,10-11,16,33H2,1-4H3/t25-/m1/s1. The molecule has 10 heteroatoms. The van der Waals surface area contributed by atoms with E-state index in [1.54, 1.807) is 25.1 Å². The lowest BCUT2D eigenvalue weighted by molar-refractivity contribution is -0.139. The van der Waals surface area contributed by atoms with Gasteiger partial charge in [-0.05, 0) is 56.2 Å². The second kappa shape index (κ2) is 12.8. The van der Waals surface area contributed by atoms with Gasteiger partial charge in [-0.1, -0.05) is 30.8 Å². The number of rotatable bonds is 9. The molecule has 1 atom stereocenters. The Bertz CT molecular complexity index is 1470. The first-order valence-corrected chi connectivity index (χ1v) is 14.2. The lowest BCUT2D eigenvalue weighted by atomic mass is 9.82. The van der Waals surface area contributed by atoms with Gasteiger partial charge in [0.05, 0.1) is 43.6 Å². The lowest BCUT2D eigenvalue weighted by Crippen LogP contribution is -2.27. The number of ether oxygens (including phenoxy) is 4. The Morgan fingerprint density at radius 1 is 1.15 bits per heavy atom. The van der Waals surface area contributed by atoms with Crippen LogP contribution in [0.5, 0.6) is 11.5 Å². The summed E-state index contributed by atoms with van der Waals surface area (Å²) in [5.74, 6) is -0.504. The van der Waals surface area contributed by atoms with Crippen molar-refractivity contribution < 1.29 is 23.7 Å². The van der Waals surface area contributed by atoms with Gasteiger partial charge in [0.15, 0.2) is 11.5 Å². The average molecular weight is 561 g/mol. The first kappa shape index (κ1) is 28.8. The summed E-state index contributed by atoms with van der Waals surface area (Å²) in [6.07, 6.45) is 4.64. The van der Waals surface area contributed by atoms with Crippen LogP contribution in [0.4, 0.5) is 0 Å². The van der Waals surface area contributed by atoms with E-state index in [0.717, 1.165) is 43.4 Å². The molecule has 40 heavy (non-hydrogen) atoms. The molecular weight excluding hydrogens is 528 g/mol. The summed E-state index contributed by atoms with van der Waals surface area (Å²) >= 11 is 1.30. The summed E-state index contributed by atoms with van der Waals surface area (Å²) in [7, 11) is 2.99. The van der Waals surface area contributed by atoms with E-state index in [1.165, 1.54) is 31.5 Å². The van der Waals surface area contributed by atoms with Gasteiger partial charge in [-0.15, -0.1) is 0 Å². The van der Waals surface area contributed by atoms with Crippen LogP contribution >= 0.6 is 11.8 Å². The van der Waals surface area contributed by atoms with Gasteiger partial charge < -0.3 is 24.7 Å². The molecule has 0 bridgehead atoms. The van der Waals surface area contributed by atoms with Crippen molar-refractivity contribution in [1.29, 1.82) is 10.5 Å². The maximum Gasteiger partial charge on any atom is 0.338 e. The second-order valence-corrected chi connectivity index (χ2v) is 10.2. The van der Waals surface area contributed by atoms with Crippen molar-refractivity contribution in [3.05, 3.63) is 68.9 Å². The van der Waals surface area contributed by atoms with E-state index in [9.17, 15) is 15.3 Å². The van der Waals surface area contributed by atoms with Crippen LogP contribution < -0.4 is 15.2 Å². The van der Waals surface area contributed by atoms with Gasteiger partial charge in [0.2, 0.25) is 5.88 Å². The highest BCUT2D eigenvalue weighted by Crippen LogP contribution is 2.46. The molecule has 9 nitrogen and oxygen atoms in total. The summed E-state index contributed by atoms with van der Waals surface area (Å²) in [6, 6.07) is 9.69. The summed E-state index contributed by atoms with van der Waals surface area (Å²) in [4.78, 5) is 18.3. The van der Waals surface area contributed by atoms with Gasteiger partial charge in [-0.2, -0.15) is 10.5 Å². The molecule has 1 aromatic carbocycles. The molecule has 208 valence electrons. The molecule has 0 unspecified atom stereocenters. The van der Waals surface area contributed by atoms with Crippen LogP contribution in [0.25, 0.3) is 0 Å². The van der Waals surface area contributed by atoms with E-state index in [-0.39, 0.29) is 35.1 Å². The van der Waals surface area contributed by atoms with E-state index in [1.807, 2.05) is 0 Å². The summed E-state index contributed by atoms with van der Waals surface area (Å²) in [5, 5.41) is 20.7. The maximum absolute atomic E-state index is 13.5. The predicted octanol–water partition coefficient (Wildman–Crippen LogP) is 4.83. The fourth-order valence-electron chi connectivity index (χ4n) is 5.33. The molecule has 0 amide bonds. The van der Waals surface area contributed by atoms with Gasteiger partial charge in [-0.25, -0.2) is 9.78 Å². The van der Waals surface area contributed by atoms with Crippen molar-refractivity contribution in [1.82, 2.24) is 4.98 Å². The fraction of sp³-hybridized carbons (Fsp3) is 0.400. The Labute approximate surface area is 238 Å². The molecule has 2 N–H and O–H groups in total. The number of pyridine rings is 1. The average Bonchev–Trinajstić information content (AvgIpc) is 2.98. The molecule has 4 rings (SSSR count). The quantitative estimate of drug-likeness (QED) is 0.335. The minimum absolute atomic E-state index is 0.0567. The third-order valence-electron chi connectivity index (χ3n) is 7.09. The third kappa shape index (κ3) is 5.32. The normalized spacial score (nSPS) is 16.4. The molecule has 1 aromatic heterocycles. The van der Waals surface area contributed by atoms with E-state index in [0.29, 0.717) is 27.7 Å². The van der Waals surface area contributed by atoms with Crippen molar-refractivity contribution in [3.8, 4) is 23.6 Å². The number of fused-ring (bicyclic) bond motifs is 1. The molecule has 2 heterocycles. The van der Waals surface area contributed by atoms with Crippen LogP contribution in [0.3, 0.4) is 0 Å². The number of nitrogens with two attached hydrogens (primary N) is 1. The van der Waals surface area contributed by atoms with Crippen LogP contribution in [-0.2, 0) is 33.5 Å². The molecule has 0 saturated carbocycles. The number of carbonyl (C=O) groups is 1. The zero-order chi connectivity index (χ0) is 28.8. The predicted molar refractivity (Wildman–Crippen MR) is 150 cm³/mol. The minimum Gasteiger partial charge on any atom is -0.493 e. The maximum atomic E-state index is 13.5. The SMILES string of the molecule is CCOC(=O)C1=C(CSc2nc(CC)c3c(c2C#N)CCCC3)OC(N)=C(C#N)[C@H]1c1cccc(OC)c1OC. The van der Waals surface area contributed by atoms with Gasteiger partial charge in [-0.3, -0.25) is 0 Å². The first-order valence-electron chi connectivity index (χ1n) is 13.2. The first-order chi connectivity index (χ1) is 19.4. The van der Waals surface area contributed by atoms with Crippen molar-refractivity contribution >= 4 is 17.7 Å². The lowest BCUT2D eigenvalue weighted by Gasteiger charge is -2.29. The molecule has 0 fully saturated rings. The minimum atomic E-state index is -0.920. The number of hydrogen-bond acceptors (Lipinski definition) is 10. The van der Waals surface area contributed by atoms with Gasteiger partial charge in [0.1, 0.15) is 28.5 Å². The summed E-state index contributed by atoms with van der Waals surface area (Å²) < 4.78 is 22.5. The molecular formula is C30H32N4O5S. The Morgan fingerprint density at radius 3 is 2.52 bits per heavy atom. The fourth-order valence-corrected chi connectivity index (χ4v) is 6.30. The van der Waals surface area contributed by atoms with Crippen molar-refractivity contribution in [2.45, 2.75) is 56.9 Å². The van der Waals surface area contributed by atoms with Gasteiger partial charge in [0.25, 0.3) is 0 Å². The van der Waals surface area contributed by atoms with Crippen LogP contribution in [0, 0.1) is 22.7 Å². The largest absolute Gasteiger partial charge is 0.493 e. The smallest absolute Gasteiger partial charge is 0.338 e. The topological polar surface area (TPSA) is 140 Å². The Balaban J connectivity index is 1.85. The highest BCUT2D eigenvalue weighted by Gasteiger charge is 2.40. The zero-order valence-corrected chi connectivity index (χ0v) is 23.9. The molecule has 0 radical (unpaired) electrons. The Morgan fingerprint density at radius 2 is 1.90 bits per heavy atom. The molecule has 0 saturated heterocycles. The molecule has 1 aliphatic heterocycles. The number of hydrogen-bond donors (Lipinski definition) is 1. The number of allylic oxidation sites excluding steroid dienone is 1. The number of nitriles is 2. The third-order valence-corrected chi connectivity index (χ3v) is 8.07. The van der Waals surface area contributed by atoms with E-state index in [2.05, 4.69) is 19.1 Å². The number of aromatic nitrogens is 1. The molecule has 1 aliphatic carbocycles. The highest BCUT2D eigenvalue weighted by molar-refractivity contribution is 7.99. The van der Waals surface area contributed by atoms with Crippen LogP contribution in [0.1, 0.15) is 60.6 Å². The number of aryl methyl sites for hydroxylation is 1. The number of carbonyl (C=O) groups excluding carboxylic acids is 1. The number of benzene rings is 1. The van der Waals surface area contributed by atoms with Crippen LogP contribution in [0.2, 0.25) is 0 Å². The number of methoxy groups -OCH3 is 2. The molecule has 2 aliphatic rings. The molecule has 2 aromatic rings. The number of esters is 1. The van der Waals surface area contributed by atoms with Gasteiger partial charge >= 0.3 is 5.97 Å². The van der Waals surface area contributed by atoms with Crippen molar-refractivity contribution in [2.75, 3.05) is 26.6 Å². The zero-order valence-electron chi connectivity index (χ0n) is 23.1. The number of para-hydroxylation sites is 1. The Hall–Kier alpha value is -4.15. The summed E-state index contributed by atoms with van der Waals surface area (Å²) in [6.45, 7) is 3.89.